The lowest BCUT2D eigenvalue weighted by Crippen LogP contribution is -2.10. The fourth-order valence-electron chi connectivity index (χ4n) is 8.11. The molecule has 0 fully saturated rings. The fraction of sp³-hybridized carbons (Fsp3) is 0. The molecule has 0 radical (unpaired) electrons. The Labute approximate surface area is 335 Å². The van der Waals surface area contributed by atoms with Crippen LogP contribution in [0, 0.1) is 0 Å². The molecule has 0 saturated heterocycles. The first-order valence-corrected chi connectivity index (χ1v) is 19.4. The normalized spacial score (nSPS) is 11.4. The lowest BCUT2D eigenvalue weighted by molar-refractivity contribution is 0.669. The third kappa shape index (κ3) is 5.94. The van der Waals surface area contributed by atoms with Gasteiger partial charge in [-0.1, -0.05) is 158 Å². The Kier molecular flexibility index (Phi) is 8.07. The summed E-state index contributed by atoms with van der Waals surface area (Å²) in [7, 11) is 0. The van der Waals surface area contributed by atoms with E-state index in [1.807, 2.05) is 42.5 Å². The molecule has 2 aromatic heterocycles. The van der Waals surface area contributed by atoms with Crippen molar-refractivity contribution in [1.29, 1.82) is 0 Å². The molecule has 0 unspecified atom stereocenters. The minimum Gasteiger partial charge on any atom is -0.456 e. The van der Waals surface area contributed by atoms with Gasteiger partial charge in [0, 0.05) is 50.6 Å². The molecule has 11 rings (SSSR count). The predicted molar refractivity (Wildman–Crippen MR) is 239 cm³/mol. The quantitative estimate of drug-likeness (QED) is 0.163. The molecule has 0 atom stereocenters. The van der Waals surface area contributed by atoms with Gasteiger partial charge >= 0.3 is 0 Å². The molecule has 58 heavy (non-hydrogen) atoms. The maximum Gasteiger partial charge on any atom is 0.164 e. The number of furan rings is 1. The molecule has 0 N–H and O–H groups in total. The van der Waals surface area contributed by atoms with Crippen LogP contribution in [0.3, 0.4) is 0 Å². The highest BCUT2D eigenvalue weighted by molar-refractivity contribution is 6.12. The fourth-order valence-corrected chi connectivity index (χ4v) is 8.11. The van der Waals surface area contributed by atoms with E-state index in [0.717, 1.165) is 72.0 Å². The summed E-state index contributed by atoms with van der Waals surface area (Å²) < 4.78 is 6.73. The zero-order valence-corrected chi connectivity index (χ0v) is 31.3. The van der Waals surface area contributed by atoms with E-state index >= 15 is 0 Å². The molecule has 0 aliphatic carbocycles. The average Bonchev–Trinajstić information content (AvgIpc) is 3.68. The predicted octanol–water partition coefficient (Wildman–Crippen LogP) is 14.2. The summed E-state index contributed by atoms with van der Waals surface area (Å²) in [6, 6.07) is 71.7. The van der Waals surface area contributed by atoms with Crippen molar-refractivity contribution >= 4 is 60.5 Å². The zero-order chi connectivity index (χ0) is 38.4. The van der Waals surface area contributed by atoms with Crippen molar-refractivity contribution in [3.8, 4) is 45.3 Å². The number of benzene rings is 9. The molecule has 0 spiro atoms. The van der Waals surface area contributed by atoms with Gasteiger partial charge in [0.15, 0.2) is 17.5 Å². The topological polar surface area (TPSA) is 55.1 Å². The van der Waals surface area contributed by atoms with Crippen molar-refractivity contribution in [2.24, 2.45) is 0 Å². The molecule has 0 bridgehead atoms. The van der Waals surface area contributed by atoms with Gasteiger partial charge in [0.2, 0.25) is 0 Å². The van der Waals surface area contributed by atoms with Gasteiger partial charge in [-0.05, 0) is 75.1 Å². The number of hydrogen-bond acceptors (Lipinski definition) is 5. The van der Waals surface area contributed by atoms with Crippen molar-refractivity contribution in [2.75, 3.05) is 4.90 Å². The van der Waals surface area contributed by atoms with Gasteiger partial charge in [0.1, 0.15) is 11.2 Å². The summed E-state index contributed by atoms with van der Waals surface area (Å²) in [4.78, 5) is 17.7. The van der Waals surface area contributed by atoms with Crippen molar-refractivity contribution < 1.29 is 4.42 Å². The zero-order valence-electron chi connectivity index (χ0n) is 31.3. The van der Waals surface area contributed by atoms with Crippen LogP contribution in [-0.4, -0.2) is 15.0 Å². The molecule has 0 aliphatic rings. The number of nitrogens with zero attached hydrogens (tertiary/aromatic N) is 4. The van der Waals surface area contributed by atoms with Crippen molar-refractivity contribution in [1.82, 2.24) is 15.0 Å². The second-order valence-electron chi connectivity index (χ2n) is 14.4. The Hall–Kier alpha value is -7.89. The summed E-state index contributed by atoms with van der Waals surface area (Å²) in [5.41, 5.74) is 9.70. The Morgan fingerprint density at radius 3 is 1.76 bits per heavy atom. The first-order chi connectivity index (χ1) is 28.7. The Morgan fingerprint density at radius 1 is 0.328 bits per heavy atom. The molecule has 9 aromatic carbocycles. The highest BCUT2D eigenvalue weighted by Gasteiger charge is 2.21. The van der Waals surface area contributed by atoms with E-state index in [2.05, 4.69) is 169 Å². The average molecular weight is 743 g/mol. The molecule has 0 saturated carbocycles. The van der Waals surface area contributed by atoms with Crippen LogP contribution in [0.15, 0.2) is 211 Å². The van der Waals surface area contributed by atoms with Gasteiger partial charge < -0.3 is 9.32 Å². The van der Waals surface area contributed by atoms with E-state index in [0.29, 0.717) is 17.5 Å². The first-order valence-electron chi connectivity index (χ1n) is 19.4. The first kappa shape index (κ1) is 33.4. The monoisotopic (exact) mass is 742 g/mol. The van der Waals surface area contributed by atoms with Crippen molar-refractivity contribution in [3.05, 3.63) is 206 Å². The molecule has 272 valence electrons. The number of hydrogen-bond donors (Lipinski definition) is 0. The summed E-state index contributed by atoms with van der Waals surface area (Å²) >= 11 is 0. The molecular weight excluding hydrogens is 709 g/mol. The summed E-state index contributed by atoms with van der Waals surface area (Å²) in [5.74, 6) is 1.82. The molecule has 0 aliphatic heterocycles. The third-order valence-corrected chi connectivity index (χ3v) is 10.9. The van der Waals surface area contributed by atoms with Gasteiger partial charge in [0.25, 0.3) is 0 Å². The van der Waals surface area contributed by atoms with Crippen LogP contribution >= 0.6 is 0 Å². The standard InChI is InChI=1S/C53H34N4O/c1-3-14-35(15-4-1)40-22-11-23-41(32-40)57(42-29-28-36-16-7-8-20-39(36)33-42)43-30-31-46-49(34-43)58-48-27-13-26-47(50(46)48)53-55-51(38-18-5-2-6-19-38)54-52(56-53)45-25-12-21-37-17-9-10-24-44(37)45/h1-34H. The molecule has 5 heteroatoms. The maximum absolute atomic E-state index is 6.73. The van der Waals surface area contributed by atoms with Crippen LogP contribution in [0.25, 0.3) is 88.8 Å². The maximum atomic E-state index is 6.73. The highest BCUT2D eigenvalue weighted by Crippen LogP contribution is 2.42. The van der Waals surface area contributed by atoms with Crippen LogP contribution in [0.2, 0.25) is 0 Å². The van der Waals surface area contributed by atoms with E-state index in [1.54, 1.807) is 0 Å². The van der Waals surface area contributed by atoms with Crippen molar-refractivity contribution in [3.63, 3.8) is 0 Å². The molecule has 11 aromatic rings. The smallest absolute Gasteiger partial charge is 0.164 e. The number of rotatable bonds is 7. The van der Waals surface area contributed by atoms with Crippen LogP contribution in [0.5, 0.6) is 0 Å². The van der Waals surface area contributed by atoms with Crippen LogP contribution in [0.1, 0.15) is 0 Å². The van der Waals surface area contributed by atoms with E-state index in [-0.39, 0.29) is 0 Å². The SMILES string of the molecule is c1ccc(-c2cccc(N(c3ccc4ccccc4c3)c3ccc4c(c3)oc3cccc(-c5nc(-c6ccccc6)nc(-c6cccc7ccccc67)n5)c34)c2)cc1. The second-order valence-corrected chi connectivity index (χ2v) is 14.4. The van der Waals surface area contributed by atoms with E-state index in [1.165, 1.54) is 16.3 Å². The van der Waals surface area contributed by atoms with Gasteiger partial charge in [0.05, 0.1) is 0 Å². The Balaban J connectivity index is 1.09. The minimum atomic E-state index is 0.588. The van der Waals surface area contributed by atoms with Crippen LogP contribution in [0.4, 0.5) is 17.1 Å². The van der Waals surface area contributed by atoms with Gasteiger partial charge in [-0.15, -0.1) is 0 Å². The number of anilines is 3. The van der Waals surface area contributed by atoms with Gasteiger partial charge in [-0.2, -0.15) is 0 Å². The molecule has 5 nitrogen and oxygen atoms in total. The van der Waals surface area contributed by atoms with E-state index in [4.69, 9.17) is 19.4 Å². The van der Waals surface area contributed by atoms with Gasteiger partial charge in [-0.3, -0.25) is 0 Å². The van der Waals surface area contributed by atoms with E-state index in [9.17, 15) is 0 Å². The lowest BCUT2D eigenvalue weighted by atomic mass is 10.0. The molecular formula is C53H34N4O. The molecule has 2 heterocycles. The second kappa shape index (κ2) is 14.0. The lowest BCUT2D eigenvalue weighted by Gasteiger charge is -2.26. The summed E-state index contributed by atoms with van der Waals surface area (Å²) in [6.45, 7) is 0. The molecule has 0 amide bonds. The summed E-state index contributed by atoms with van der Waals surface area (Å²) in [6.07, 6.45) is 0. The highest BCUT2D eigenvalue weighted by atomic mass is 16.3. The minimum absolute atomic E-state index is 0.588. The Morgan fingerprint density at radius 2 is 0.914 bits per heavy atom. The largest absolute Gasteiger partial charge is 0.456 e. The number of aromatic nitrogens is 3. The Bertz CT molecular complexity index is 3300. The number of fused-ring (bicyclic) bond motifs is 5. The summed E-state index contributed by atoms with van der Waals surface area (Å²) in [5, 5.41) is 6.54. The van der Waals surface area contributed by atoms with E-state index < -0.39 is 0 Å². The van der Waals surface area contributed by atoms with Crippen LogP contribution < -0.4 is 4.90 Å². The third-order valence-electron chi connectivity index (χ3n) is 10.9. The van der Waals surface area contributed by atoms with Crippen LogP contribution in [-0.2, 0) is 0 Å². The van der Waals surface area contributed by atoms with Crippen molar-refractivity contribution in [2.45, 2.75) is 0 Å². The van der Waals surface area contributed by atoms with Gasteiger partial charge in [-0.25, -0.2) is 15.0 Å².